The predicted molar refractivity (Wildman–Crippen MR) is 79.8 cm³/mol. The zero-order chi connectivity index (χ0) is 12.5. The summed E-state index contributed by atoms with van der Waals surface area (Å²) < 4.78 is 8.23. The number of oxazole rings is 1. The molecule has 0 unspecified atom stereocenters. The molecule has 0 radical (unpaired) electrons. The van der Waals surface area contributed by atoms with Crippen LogP contribution in [0.15, 0.2) is 27.4 Å². The van der Waals surface area contributed by atoms with Gasteiger partial charge in [-0.25, -0.2) is 4.79 Å². The van der Waals surface area contributed by atoms with Gasteiger partial charge in [0, 0.05) is 10.1 Å². The maximum absolute atomic E-state index is 11.9. The molecule has 1 aromatic heterocycles. The minimum Gasteiger partial charge on any atom is -0.408 e. The van der Waals surface area contributed by atoms with Gasteiger partial charge in [-0.15, -0.1) is 0 Å². The van der Waals surface area contributed by atoms with Crippen molar-refractivity contribution >= 4 is 33.7 Å². The highest BCUT2D eigenvalue weighted by molar-refractivity contribution is 14.1. The van der Waals surface area contributed by atoms with E-state index in [0.717, 1.165) is 15.6 Å². The number of fused-ring (bicyclic) bond motifs is 1. The highest BCUT2D eigenvalue weighted by Gasteiger charge is 2.17. The predicted octanol–water partition coefficient (Wildman–Crippen LogP) is 3.78. The van der Waals surface area contributed by atoms with Crippen LogP contribution in [0.5, 0.6) is 0 Å². The smallest absolute Gasteiger partial charge is 0.408 e. The van der Waals surface area contributed by atoms with Gasteiger partial charge < -0.3 is 4.42 Å². The number of hydrogen-bond donors (Lipinski definition) is 0. The van der Waals surface area contributed by atoms with Gasteiger partial charge in [0.05, 0.1) is 5.52 Å². The molecule has 1 heterocycles. The summed E-state index contributed by atoms with van der Waals surface area (Å²) in [5.74, 6) is 0.425. The SMILES string of the molecule is O=c1oc2cc(I)ccc2n1CC1CCCCC1. The lowest BCUT2D eigenvalue weighted by Gasteiger charge is -2.21. The zero-order valence-corrected chi connectivity index (χ0v) is 12.4. The van der Waals surface area contributed by atoms with Crippen molar-refractivity contribution in [3.8, 4) is 0 Å². The lowest BCUT2D eigenvalue weighted by atomic mass is 9.89. The minimum absolute atomic E-state index is 0.211. The van der Waals surface area contributed by atoms with Gasteiger partial charge in [0.15, 0.2) is 5.58 Å². The van der Waals surface area contributed by atoms with Crippen LogP contribution in [-0.2, 0) is 6.54 Å². The van der Waals surface area contributed by atoms with Crippen LogP contribution in [0.25, 0.3) is 11.1 Å². The summed E-state index contributed by atoms with van der Waals surface area (Å²) in [7, 11) is 0. The average Bonchev–Trinajstić information content (AvgIpc) is 2.66. The maximum Gasteiger partial charge on any atom is 0.419 e. The number of rotatable bonds is 2. The molecule has 1 fully saturated rings. The highest BCUT2D eigenvalue weighted by Crippen LogP contribution is 2.26. The van der Waals surface area contributed by atoms with E-state index in [2.05, 4.69) is 22.6 Å². The van der Waals surface area contributed by atoms with Crippen LogP contribution in [0, 0.1) is 9.49 Å². The fourth-order valence-electron chi connectivity index (χ4n) is 2.84. The third kappa shape index (κ3) is 2.35. The van der Waals surface area contributed by atoms with Crippen molar-refractivity contribution in [1.29, 1.82) is 0 Å². The molecule has 3 nitrogen and oxygen atoms in total. The van der Waals surface area contributed by atoms with E-state index in [-0.39, 0.29) is 5.76 Å². The summed E-state index contributed by atoms with van der Waals surface area (Å²) in [5, 5.41) is 0. The largest absolute Gasteiger partial charge is 0.419 e. The molecule has 0 aliphatic heterocycles. The van der Waals surface area contributed by atoms with E-state index >= 15 is 0 Å². The van der Waals surface area contributed by atoms with Crippen LogP contribution in [0.2, 0.25) is 0 Å². The van der Waals surface area contributed by atoms with E-state index in [1.54, 1.807) is 4.57 Å². The minimum atomic E-state index is -0.211. The molecule has 0 atom stereocenters. The van der Waals surface area contributed by atoms with E-state index < -0.39 is 0 Å². The Labute approximate surface area is 119 Å². The molecule has 2 aromatic rings. The van der Waals surface area contributed by atoms with Crippen molar-refractivity contribution in [2.75, 3.05) is 0 Å². The Morgan fingerprint density at radius 3 is 2.83 bits per heavy atom. The summed E-state index contributed by atoms with van der Waals surface area (Å²) in [5.41, 5.74) is 1.65. The summed E-state index contributed by atoms with van der Waals surface area (Å²) in [6.45, 7) is 0.812. The molecular formula is C14H16INO2. The number of hydrogen-bond acceptors (Lipinski definition) is 2. The van der Waals surface area contributed by atoms with E-state index in [9.17, 15) is 4.79 Å². The topological polar surface area (TPSA) is 35.1 Å². The quantitative estimate of drug-likeness (QED) is 0.767. The molecule has 1 aliphatic rings. The summed E-state index contributed by atoms with van der Waals surface area (Å²) in [4.78, 5) is 11.9. The third-order valence-electron chi connectivity index (χ3n) is 3.80. The first-order valence-electron chi connectivity index (χ1n) is 6.53. The first-order valence-corrected chi connectivity index (χ1v) is 7.61. The number of aromatic nitrogens is 1. The summed E-state index contributed by atoms with van der Waals surface area (Å²) >= 11 is 2.23. The first kappa shape index (κ1) is 12.3. The van der Waals surface area contributed by atoms with E-state index in [1.165, 1.54) is 32.1 Å². The van der Waals surface area contributed by atoms with E-state index in [4.69, 9.17) is 4.42 Å². The molecule has 96 valence electrons. The Morgan fingerprint density at radius 1 is 1.28 bits per heavy atom. The second-order valence-electron chi connectivity index (χ2n) is 5.09. The molecular weight excluding hydrogens is 341 g/mol. The van der Waals surface area contributed by atoms with Gasteiger partial charge in [-0.2, -0.15) is 0 Å². The van der Waals surface area contributed by atoms with Crippen LogP contribution < -0.4 is 5.76 Å². The molecule has 4 heteroatoms. The normalized spacial score (nSPS) is 17.4. The molecule has 0 bridgehead atoms. The van der Waals surface area contributed by atoms with Crippen molar-refractivity contribution in [3.05, 3.63) is 32.3 Å². The van der Waals surface area contributed by atoms with Gasteiger partial charge >= 0.3 is 5.76 Å². The van der Waals surface area contributed by atoms with Crippen LogP contribution in [-0.4, -0.2) is 4.57 Å². The van der Waals surface area contributed by atoms with Crippen molar-refractivity contribution in [2.45, 2.75) is 38.6 Å². The van der Waals surface area contributed by atoms with Crippen LogP contribution in [0.3, 0.4) is 0 Å². The van der Waals surface area contributed by atoms with Crippen molar-refractivity contribution in [2.24, 2.45) is 5.92 Å². The fraction of sp³-hybridized carbons (Fsp3) is 0.500. The molecule has 0 saturated heterocycles. The monoisotopic (exact) mass is 357 g/mol. The van der Waals surface area contributed by atoms with Gasteiger partial charge in [0.1, 0.15) is 0 Å². The second-order valence-corrected chi connectivity index (χ2v) is 6.34. The van der Waals surface area contributed by atoms with E-state index in [1.807, 2.05) is 18.2 Å². The molecule has 1 aliphatic carbocycles. The van der Waals surface area contributed by atoms with Crippen LogP contribution >= 0.6 is 22.6 Å². The molecule has 0 amide bonds. The second kappa shape index (κ2) is 5.07. The Hall–Kier alpha value is -0.780. The Balaban J connectivity index is 1.95. The van der Waals surface area contributed by atoms with Crippen LogP contribution in [0.4, 0.5) is 0 Å². The summed E-state index contributed by atoms with van der Waals surface area (Å²) in [6, 6.07) is 5.94. The molecule has 0 spiro atoms. The van der Waals surface area contributed by atoms with Gasteiger partial charge in [-0.1, -0.05) is 19.3 Å². The van der Waals surface area contributed by atoms with Gasteiger partial charge in [-0.3, -0.25) is 4.57 Å². The lowest BCUT2D eigenvalue weighted by molar-refractivity contribution is 0.312. The fourth-order valence-corrected chi connectivity index (χ4v) is 3.30. The van der Waals surface area contributed by atoms with Gasteiger partial charge in [-0.05, 0) is 59.5 Å². The molecule has 1 aromatic carbocycles. The molecule has 3 rings (SSSR count). The third-order valence-corrected chi connectivity index (χ3v) is 4.47. The Kier molecular flexibility index (Phi) is 3.46. The number of halogens is 1. The molecule has 1 saturated carbocycles. The highest BCUT2D eigenvalue weighted by atomic mass is 127. The average molecular weight is 357 g/mol. The van der Waals surface area contributed by atoms with E-state index in [0.29, 0.717) is 11.5 Å². The Morgan fingerprint density at radius 2 is 2.06 bits per heavy atom. The number of benzene rings is 1. The molecule has 18 heavy (non-hydrogen) atoms. The lowest BCUT2D eigenvalue weighted by Crippen LogP contribution is -2.21. The zero-order valence-electron chi connectivity index (χ0n) is 10.2. The first-order chi connectivity index (χ1) is 8.74. The van der Waals surface area contributed by atoms with Crippen molar-refractivity contribution in [1.82, 2.24) is 4.57 Å². The van der Waals surface area contributed by atoms with Gasteiger partial charge in [0.2, 0.25) is 0 Å². The standard InChI is InChI=1S/C14H16INO2/c15-11-6-7-12-13(8-11)18-14(17)16(12)9-10-4-2-1-3-5-10/h6-8,10H,1-5,9H2. The van der Waals surface area contributed by atoms with Crippen LogP contribution in [0.1, 0.15) is 32.1 Å². The number of nitrogens with zero attached hydrogens (tertiary/aromatic N) is 1. The summed E-state index contributed by atoms with van der Waals surface area (Å²) in [6.07, 6.45) is 6.42. The maximum atomic E-state index is 11.9. The van der Waals surface area contributed by atoms with Crippen molar-refractivity contribution in [3.63, 3.8) is 0 Å². The Bertz CT molecular complexity index is 608. The van der Waals surface area contributed by atoms with Gasteiger partial charge in [0.25, 0.3) is 0 Å². The molecule has 0 N–H and O–H groups in total. The van der Waals surface area contributed by atoms with Crippen molar-refractivity contribution < 1.29 is 4.42 Å².